The van der Waals surface area contributed by atoms with Gasteiger partial charge in [-0.3, -0.25) is 4.90 Å². The number of nitrogens with zero attached hydrogens (tertiary/aromatic N) is 1. The maximum absolute atomic E-state index is 6.51. The summed E-state index contributed by atoms with van der Waals surface area (Å²) < 4.78 is 5.48. The molecule has 3 heteroatoms. The maximum Gasteiger partial charge on any atom is 0.0594 e. The minimum Gasteiger partial charge on any atom is -0.379 e. The van der Waals surface area contributed by atoms with Crippen molar-refractivity contribution in [1.82, 2.24) is 4.90 Å². The van der Waals surface area contributed by atoms with Crippen LogP contribution in [0.25, 0.3) is 0 Å². The zero-order valence-electron chi connectivity index (χ0n) is 12.5. The van der Waals surface area contributed by atoms with Crippen molar-refractivity contribution in [2.45, 2.75) is 76.3 Å². The summed E-state index contributed by atoms with van der Waals surface area (Å²) in [6.07, 6.45) is 13.7. The van der Waals surface area contributed by atoms with Gasteiger partial charge in [-0.05, 0) is 12.8 Å². The second-order valence-electron chi connectivity index (χ2n) is 6.29. The lowest BCUT2D eigenvalue weighted by atomic mass is 9.93. The van der Waals surface area contributed by atoms with Crippen LogP contribution in [0.2, 0.25) is 0 Å². The molecule has 0 amide bonds. The minimum absolute atomic E-state index is 0.373. The molecule has 1 aliphatic carbocycles. The van der Waals surface area contributed by atoms with Gasteiger partial charge in [0.2, 0.25) is 0 Å². The van der Waals surface area contributed by atoms with Crippen LogP contribution in [0, 0.1) is 0 Å². The number of ether oxygens (including phenoxy) is 1. The first-order chi connectivity index (χ1) is 9.38. The van der Waals surface area contributed by atoms with E-state index in [9.17, 15) is 0 Å². The monoisotopic (exact) mass is 268 g/mol. The zero-order chi connectivity index (χ0) is 13.3. The van der Waals surface area contributed by atoms with Crippen molar-refractivity contribution in [3.05, 3.63) is 0 Å². The second kappa shape index (κ2) is 8.93. The van der Waals surface area contributed by atoms with Gasteiger partial charge in [-0.2, -0.15) is 0 Å². The first-order valence-corrected chi connectivity index (χ1v) is 8.45. The van der Waals surface area contributed by atoms with Crippen molar-refractivity contribution in [1.29, 1.82) is 0 Å². The molecule has 112 valence electrons. The highest BCUT2D eigenvalue weighted by atomic mass is 16.5. The van der Waals surface area contributed by atoms with Gasteiger partial charge in [-0.25, -0.2) is 0 Å². The molecule has 0 radical (unpaired) electrons. The lowest BCUT2D eigenvalue weighted by molar-refractivity contribution is 0.00754. The topological polar surface area (TPSA) is 38.5 Å². The van der Waals surface area contributed by atoms with Gasteiger partial charge >= 0.3 is 0 Å². The first kappa shape index (κ1) is 15.3. The average Bonchev–Trinajstić information content (AvgIpc) is 2.44. The van der Waals surface area contributed by atoms with Gasteiger partial charge in [0.25, 0.3) is 0 Å². The number of hydrogen-bond donors (Lipinski definition) is 1. The number of hydrogen-bond acceptors (Lipinski definition) is 3. The van der Waals surface area contributed by atoms with Crippen LogP contribution in [0.1, 0.15) is 64.2 Å². The molecule has 0 aromatic rings. The molecule has 1 saturated heterocycles. The molecular formula is C16H32N2O. The van der Waals surface area contributed by atoms with Crippen molar-refractivity contribution in [3.8, 4) is 0 Å². The Morgan fingerprint density at radius 1 is 0.737 bits per heavy atom. The number of nitrogens with two attached hydrogens (primary N) is 1. The Morgan fingerprint density at radius 2 is 1.26 bits per heavy atom. The zero-order valence-corrected chi connectivity index (χ0v) is 12.5. The van der Waals surface area contributed by atoms with E-state index in [-0.39, 0.29) is 0 Å². The van der Waals surface area contributed by atoms with E-state index in [4.69, 9.17) is 10.5 Å². The minimum atomic E-state index is 0.373. The van der Waals surface area contributed by atoms with Crippen molar-refractivity contribution >= 4 is 0 Å². The standard InChI is InChI=1S/C16H32N2O/c17-15-9-7-5-3-1-2-4-6-8-10-16(15)18-11-13-19-14-12-18/h15-16H,1-14,17H2. The smallest absolute Gasteiger partial charge is 0.0594 e. The van der Waals surface area contributed by atoms with Gasteiger partial charge in [0, 0.05) is 25.2 Å². The van der Waals surface area contributed by atoms with Crippen molar-refractivity contribution in [3.63, 3.8) is 0 Å². The molecule has 1 heterocycles. The molecule has 19 heavy (non-hydrogen) atoms. The molecule has 0 aromatic carbocycles. The van der Waals surface area contributed by atoms with E-state index in [1.54, 1.807) is 0 Å². The highest BCUT2D eigenvalue weighted by molar-refractivity contribution is 4.83. The van der Waals surface area contributed by atoms with Gasteiger partial charge in [-0.15, -0.1) is 0 Å². The number of rotatable bonds is 1. The van der Waals surface area contributed by atoms with Crippen LogP contribution in [-0.2, 0) is 4.74 Å². The molecule has 2 rings (SSSR count). The van der Waals surface area contributed by atoms with Gasteiger partial charge < -0.3 is 10.5 Å². The Bertz CT molecular complexity index is 229. The van der Waals surface area contributed by atoms with E-state index < -0.39 is 0 Å². The third kappa shape index (κ3) is 5.41. The van der Waals surface area contributed by atoms with E-state index in [0.717, 1.165) is 26.3 Å². The van der Waals surface area contributed by atoms with Crippen molar-refractivity contribution < 1.29 is 4.74 Å². The highest BCUT2D eigenvalue weighted by Gasteiger charge is 2.25. The fourth-order valence-corrected chi connectivity index (χ4v) is 3.56. The van der Waals surface area contributed by atoms with Crippen LogP contribution in [0.3, 0.4) is 0 Å². The van der Waals surface area contributed by atoms with Gasteiger partial charge in [0.1, 0.15) is 0 Å². The summed E-state index contributed by atoms with van der Waals surface area (Å²) in [4.78, 5) is 2.60. The third-order valence-corrected chi connectivity index (χ3v) is 4.80. The van der Waals surface area contributed by atoms with Crippen molar-refractivity contribution in [2.24, 2.45) is 5.73 Å². The highest BCUT2D eigenvalue weighted by Crippen LogP contribution is 2.20. The summed E-state index contributed by atoms with van der Waals surface area (Å²) in [6.45, 7) is 3.95. The first-order valence-electron chi connectivity index (χ1n) is 8.45. The van der Waals surface area contributed by atoms with Crippen molar-refractivity contribution in [2.75, 3.05) is 26.3 Å². The summed E-state index contributed by atoms with van der Waals surface area (Å²) in [6, 6.07) is 0.973. The molecule has 0 bridgehead atoms. The Labute approximate surface area is 118 Å². The van der Waals surface area contributed by atoms with E-state index >= 15 is 0 Å². The molecule has 1 saturated carbocycles. The predicted molar refractivity (Wildman–Crippen MR) is 80.3 cm³/mol. The van der Waals surface area contributed by atoms with Crippen LogP contribution in [0.5, 0.6) is 0 Å². The summed E-state index contributed by atoms with van der Waals surface area (Å²) in [5.41, 5.74) is 6.51. The Morgan fingerprint density at radius 3 is 1.89 bits per heavy atom. The average molecular weight is 268 g/mol. The van der Waals surface area contributed by atoms with Gasteiger partial charge in [-0.1, -0.05) is 51.4 Å². The fourth-order valence-electron chi connectivity index (χ4n) is 3.56. The molecule has 0 spiro atoms. The lowest BCUT2D eigenvalue weighted by Crippen LogP contribution is -2.52. The molecular weight excluding hydrogens is 236 g/mol. The molecule has 2 unspecified atom stereocenters. The quantitative estimate of drug-likeness (QED) is 0.794. The van der Waals surface area contributed by atoms with Crippen LogP contribution in [0.15, 0.2) is 0 Å². The Hall–Kier alpha value is -0.120. The molecule has 2 atom stereocenters. The van der Waals surface area contributed by atoms with E-state index in [0.29, 0.717) is 12.1 Å². The summed E-state index contributed by atoms with van der Waals surface area (Å²) in [5, 5.41) is 0. The SMILES string of the molecule is NC1CCCCCCCCCCC1N1CCOCC1. The molecule has 2 N–H and O–H groups in total. The van der Waals surface area contributed by atoms with E-state index in [1.807, 2.05) is 0 Å². The van der Waals surface area contributed by atoms with E-state index in [1.165, 1.54) is 64.2 Å². The molecule has 2 fully saturated rings. The molecule has 3 nitrogen and oxygen atoms in total. The van der Waals surface area contributed by atoms with Crippen LogP contribution in [-0.4, -0.2) is 43.3 Å². The molecule has 2 aliphatic rings. The largest absolute Gasteiger partial charge is 0.379 e. The summed E-state index contributed by atoms with van der Waals surface area (Å²) >= 11 is 0. The van der Waals surface area contributed by atoms with Gasteiger partial charge in [0.15, 0.2) is 0 Å². The second-order valence-corrected chi connectivity index (χ2v) is 6.29. The number of morpholine rings is 1. The molecule has 1 aliphatic heterocycles. The van der Waals surface area contributed by atoms with Gasteiger partial charge in [0.05, 0.1) is 13.2 Å². The third-order valence-electron chi connectivity index (χ3n) is 4.80. The predicted octanol–water partition coefficient (Wildman–Crippen LogP) is 2.93. The fraction of sp³-hybridized carbons (Fsp3) is 1.00. The Balaban J connectivity index is 1.86. The van der Waals surface area contributed by atoms with Crippen LogP contribution < -0.4 is 5.73 Å². The maximum atomic E-state index is 6.51. The van der Waals surface area contributed by atoms with Crippen LogP contribution in [0.4, 0.5) is 0 Å². The normalized spacial score (nSPS) is 33.3. The lowest BCUT2D eigenvalue weighted by Gasteiger charge is -2.38. The Kier molecular flexibility index (Phi) is 7.18. The summed E-state index contributed by atoms with van der Waals surface area (Å²) in [7, 11) is 0. The van der Waals surface area contributed by atoms with Crippen LogP contribution >= 0.6 is 0 Å². The van der Waals surface area contributed by atoms with E-state index in [2.05, 4.69) is 4.90 Å². The molecule has 0 aromatic heterocycles. The summed E-state index contributed by atoms with van der Waals surface area (Å²) in [5.74, 6) is 0.